The summed E-state index contributed by atoms with van der Waals surface area (Å²) in [4.78, 5) is 45.3. The Labute approximate surface area is 200 Å². The molecule has 7 nitrogen and oxygen atoms in total. The van der Waals surface area contributed by atoms with Gasteiger partial charge in [-0.15, -0.1) is 0 Å². The molecule has 0 radical (unpaired) electrons. The van der Waals surface area contributed by atoms with Crippen LogP contribution in [0.2, 0.25) is 0 Å². The highest BCUT2D eigenvalue weighted by Crippen LogP contribution is 2.40. The molecule has 3 heterocycles. The van der Waals surface area contributed by atoms with Crippen LogP contribution < -0.4 is 15.1 Å². The Balaban J connectivity index is 1.46. The Morgan fingerprint density at radius 3 is 2.53 bits per heavy atom. The van der Waals surface area contributed by atoms with Gasteiger partial charge in [-0.2, -0.15) is 0 Å². The van der Waals surface area contributed by atoms with Crippen molar-refractivity contribution in [3.8, 4) is 0 Å². The first kappa shape index (κ1) is 22.4. The van der Waals surface area contributed by atoms with Crippen molar-refractivity contribution in [2.24, 2.45) is 0 Å². The van der Waals surface area contributed by atoms with Gasteiger partial charge in [-0.05, 0) is 81.3 Å². The number of nitrogens with zero attached hydrogens (tertiary/aromatic N) is 3. The lowest BCUT2D eigenvalue weighted by Crippen LogP contribution is -2.56. The number of hydrogen-bond acceptors (Lipinski definition) is 4. The van der Waals surface area contributed by atoms with Gasteiger partial charge in [-0.1, -0.05) is 12.1 Å². The van der Waals surface area contributed by atoms with Crippen molar-refractivity contribution in [1.29, 1.82) is 0 Å². The van der Waals surface area contributed by atoms with Crippen molar-refractivity contribution < 1.29 is 14.4 Å². The number of nitrogens with one attached hydrogen (secondary N) is 1. The maximum Gasteiger partial charge on any atom is 0.253 e. The lowest BCUT2D eigenvalue weighted by Gasteiger charge is -2.45. The van der Waals surface area contributed by atoms with Crippen LogP contribution in [0.1, 0.15) is 53.6 Å². The van der Waals surface area contributed by atoms with E-state index in [0.29, 0.717) is 11.3 Å². The van der Waals surface area contributed by atoms with Gasteiger partial charge in [0.2, 0.25) is 11.8 Å². The molecule has 0 spiro atoms. The van der Waals surface area contributed by atoms with E-state index in [1.54, 1.807) is 4.90 Å². The number of carbonyl (C=O) groups is 3. The van der Waals surface area contributed by atoms with Gasteiger partial charge >= 0.3 is 0 Å². The fraction of sp³-hybridized carbons (Fsp3) is 0.444. The first-order valence-corrected chi connectivity index (χ1v) is 12.3. The normalized spacial score (nSPS) is 19.6. The third-order valence-corrected chi connectivity index (χ3v) is 7.45. The summed E-state index contributed by atoms with van der Waals surface area (Å²) in [5.74, 6) is -0.309. The first-order valence-electron chi connectivity index (χ1n) is 12.3. The monoisotopic (exact) mass is 460 g/mol. The minimum Gasteiger partial charge on any atom is -0.358 e. The molecule has 3 aliphatic heterocycles. The minimum atomic E-state index is -0.255. The Morgan fingerprint density at radius 1 is 0.971 bits per heavy atom. The van der Waals surface area contributed by atoms with Crippen molar-refractivity contribution >= 4 is 34.8 Å². The number of anilines is 3. The lowest BCUT2D eigenvalue weighted by molar-refractivity contribution is -0.123. The van der Waals surface area contributed by atoms with Gasteiger partial charge in [0.15, 0.2) is 0 Å². The van der Waals surface area contributed by atoms with E-state index in [0.717, 1.165) is 74.2 Å². The standard InChI is InChI=1S/C27H32N4O3/c1-18-8-7-9-21(19(18)2)28-25(32)17-31-24-16-20(26(33)29-13-5-6-14-29)11-12-22(24)30-15-4-3-10-23(30)27(31)34/h7-9,11-12,16,23H,3-6,10,13-15,17H2,1-2H3,(H,28,32)/t23-/m0/s1. The number of benzene rings is 2. The molecule has 1 atom stereocenters. The largest absolute Gasteiger partial charge is 0.358 e. The molecule has 5 rings (SSSR count). The molecular formula is C27H32N4O3. The molecule has 7 heteroatoms. The third-order valence-electron chi connectivity index (χ3n) is 7.45. The number of piperidine rings is 1. The average molecular weight is 461 g/mol. The van der Waals surface area contributed by atoms with Gasteiger partial charge < -0.3 is 15.1 Å². The zero-order chi connectivity index (χ0) is 23.8. The van der Waals surface area contributed by atoms with Crippen LogP contribution in [0.3, 0.4) is 0 Å². The van der Waals surface area contributed by atoms with Crippen molar-refractivity contribution in [2.45, 2.75) is 52.0 Å². The fourth-order valence-corrected chi connectivity index (χ4v) is 5.38. The molecule has 1 N–H and O–H groups in total. The lowest BCUT2D eigenvalue weighted by atomic mass is 9.95. The Hall–Kier alpha value is -3.35. The van der Waals surface area contributed by atoms with Crippen molar-refractivity contribution in [1.82, 2.24) is 4.90 Å². The predicted octanol–water partition coefficient (Wildman–Crippen LogP) is 3.88. The number of amides is 3. The molecule has 3 aliphatic rings. The SMILES string of the molecule is Cc1cccc(NC(=O)CN2C(=O)[C@@H]3CCCCN3c3ccc(C(=O)N4CCCC4)cc32)c1C. The van der Waals surface area contributed by atoms with Gasteiger partial charge in [0.25, 0.3) is 5.91 Å². The summed E-state index contributed by atoms with van der Waals surface area (Å²) >= 11 is 0. The average Bonchev–Trinajstić information content (AvgIpc) is 3.39. The minimum absolute atomic E-state index is 0.00620. The van der Waals surface area contributed by atoms with Crippen molar-refractivity contribution in [3.63, 3.8) is 0 Å². The van der Waals surface area contributed by atoms with E-state index in [4.69, 9.17) is 0 Å². The van der Waals surface area contributed by atoms with Crippen LogP contribution in [0.15, 0.2) is 36.4 Å². The zero-order valence-corrected chi connectivity index (χ0v) is 20.0. The Kier molecular flexibility index (Phi) is 6.02. The van der Waals surface area contributed by atoms with Crippen LogP contribution in [0.25, 0.3) is 0 Å². The summed E-state index contributed by atoms with van der Waals surface area (Å²) in [5.41, 5.74) is 5.03. The molecule has 2 aromatic rings. The summed E-state index contributed by atoms with van der Waals surface area (Å²) in [6, 6.07) is 11.2. The molecule has 0 unspecified atom stereocenters. The van der Waals surface area contributed by atoms with Gasteiger partial charge in [0.05, 0.1) is 11.4 Å². The van der Waals surface area contributed by atoms with Crippen LogP contribution in [0.5, 0.6) is 0 Å². The Bertz CT molecular complexity index is 1140. The molecule has 0 saturated carbocycles. The quantitative estimate of drug-likeness (QED) is 0.752. The fourth-order valence-electron chi connectivity index (χ4n) is 5.38. The molecule has 0 bridgehead atoms. The van der Waals surface area contributed by atoms with Gasteiger partial charge in [-0.25, -0.2) is 0 Å². The second-order valence-corrected chi connectivity index (χ2v) is 9.63. The summed E-state index contributed by atoms with van der Waals surface area (Å²) in [6.45, 7) is 6.25. The van der Waals surface area contributed by atoms with E-state index in [2.05, 4.69) is 10.2 Å². The van der Waals surface area contributed by atoms with Gasteiger partial charge in [0.1, 0.15) is 12.6 Å². The predicted molar refractivity (Wildman–Crippen MR) is 133 cm³/mol. The molecular weight excluding hydrogens is 428 g/mol. The maximum absolute atomic E-state index is 13.6. The first-order chi connectivity index (χ1) is 16.4. The van der Waals surface area contributed by atoms with E-state index in [-0.39, 0.29) is 30.3 Å². The number of rotatable bonds is 4. The molecule has 178 valence electrons. The summed E-state index contributed by atoms with van der Waals surface area (Å²) in [5, 5.41) is 2.98. The number of carbonyl (C=O) groups excluding carboxylic acids is 3. The highest BCUT2D eigenvalue weighted by molar-refractivity contribution is 6.11. The summed E-state index contributed by atoms with van der Waals surface area (Å²) in [7, 11) is 0. The number of fused-ring (bicyclic) bond motifs is 3. The third kappa shape index (κ3) is 4.04. The highest BCUT2D eigenvalue weighted by Gasteiger charge is 2.40. The second-order valence-electron chi connectivity index (χ2n) is 9.63. The molecule has 0 aliphatic carbocycles. The molecule has 2 fully saturated rings. The molecule has 2 saturated heterocycles. The van der Waals surface area contributed by atoms with Gasteiger partial charge in [-0.3, -0.25) is 19.3 Å². The summed E-state index contributed by atoms with van der Waals surface area (Å²) in [6.07, 6.45) is 4.85. The Morgan fingerprint density at radius 2 is 1.74 bits per heavy atom. The second kappa shape index (κ2) is 9.12. The van der Waals surface area contributed by atoms with E-state index in [9.17, 15) is 14.4 Å². The van der Waals surface area contributed by atoms with Crippen molar-refractivity contribution in [2.75, 3.05) is 41.3 Å². The van der Waals surface area contributed by atoms with Crippen LogP contribution in [-0.2, 0) is 9.59 Å². The molecule has 34 heavy (non-hydrogen) atoms. The smallest absolute Gasteiger partial charge is 0.253 e. The molecule has 2 aromatic carbocycles. The topological polar surface area (TPSA) is 73.0 Å². The molecule has 3 amide bonds. The number of hydrogen-bond donors (Lipinski definition) is 1. The maximum atomic E-state index is 13.6. The summed E-state index contributed by atoms with van der Waals surface area (Å²) < 4.78 is 0. The number of likely N-dealkylation sites (tertiary alicyclic amines) is 1. The van der Waals surface area contributed by atoms with Crippen LogP contribution >= 0.6 is 0 Å². The van der Waals surface area contributed by atoms with Crippen LogP contribution in [0, 0.1) is 13.8 Å². The van der Waals surface area contributed by atoms with E-state index in [1.807, 2.05) is 55.1 Å². The van der Waals surface area contributed by atoms with Crippen LogP contribution in [0.4, 0.5) is 17.1 Å². The van der Waals surface area contributed by atoms with E-state index < -0.39 is 0 Å². The highest BCUT2D eigenvalue weighted by atomic mass is 16.2. The van der Waals surface area contributed by atoms with E-state index >= 15 is 0 Å². The van der Waals surface area contributed by atoms with E-state index in [1.165, 1.54) is 0 Å². The number of aryl methyl sites for hydroxylation is 1. The molecule has 0 aromatic heterocycles. The van der Waals surface area contributed by atoms with Gasteiger partial charge in [0, 0.05) is 30.9 Å². The van der Waals surface area contributed by atoms with Crippen LogP contribution in [-0.4, -0.2) is 54.8 Å². The zero-order valence-electron chi connectivity index (χ0n) is 20.0. The van der Waals surface area contributed by atoms with Crippen molar-refractivity contribution in [3.05, 3.63) is 53.1 Å².